The molecule has 1 aromatic rings. The molecule has 1 amide bonds. The van der Waals surface area contributed by atoms with Crippen molar-refractivity contribution in [1.29, 1.82) is 0 Å². The van der Waals surface area contributed by atoms with Gasteiger partial charge in [0.1, 0.15) is 0 Å². The van der Waals surface area contributed by atoms with Gasteiger partial charge in [-0.1, -0.05) is 0 Å². The van der Waals surface area contributed by atoms with Crippen LogP contribution in [0.25, 0.3) is 0 Å². The summed E-state index contributed by atoms with van der Waals surface area (Å²) in [7, 11) is -3.87. The molecule has 1 heterocycles. The van der Waals surface area contributed by atoms with Crippen molar-refractivity contribution in [3.63, 3.8) is 0 Å². The molecule has 0 atom stereocenters. The van der Waals surface area contributed by atoms with E-state index in [1.807, 2.05) is 25.7 Å². The molecule has 0 aromatic heterocycles. The largest absolute Gasteiger partial charge is 0.350 e. The topological polar surface area (TPSA) is 113 Å². The molecule has 1 aliphatic heterocycles. The maximum Gasteiger partial charge on any atom is 0.271 e. The number of sulfonamides is 1. The molecule has 0 saturated carbocycles. The summed E-state index contributed by atoms with van der Waals surface area (Å²) in [6, 6.07) is 2.52. The molecule has 0 radical (unpaired) electrons. The third kappa shape index (κ3) is 5.97. The number of hydrogen-bond donors (Lipinski definition) is 1. The van der Waals surface area contributed by atoms with Gasteiger partial charge in [0.15, 0.2) is 0 Å². The average molecular weight is 427 g/mol. The molecule has 9 nitrogen and oxygen atoms in total. The second-order valence-corrected chi connectivity index (χ2v) is 10.4. The first-order valence-corrected chi connectivity index (χ1v) is 11.0. The summed E-state index contributed by atoms with van der Waals surface area (Å²) in [6.07, 6.45) is 0.578. The lowest BCUT2D eigenvalue weighted by atomic mass is 10.1. The summed E-state index contributed by atoms with van der Waals surface area (Å²) < 4.78 is 27.8. The van der Waals surface area contributed by atoms with Crippen LogP contribution in [0.1, 0.15) is 38.3 Å². The van der Waals surface area contributed by atoms with Crippen LogP contribution in [0.3, 0.4) is 0 Å². The summed E-state index contributed by atoms with van der Waals surface area (Å²) in [4.78, 5) is 24.7. The number of nitrogens with zero attached hydrogens (tertiary/aromatic N) is 3. The highest BCUT2D eigenvalue weighted by atomic mass is 32.2. The second-order valence-electron chi connectivity index (χ2n) is 8.47. The number of nitro groups is 1. The molecule has 1 aliphatic rings. The average Bonchev–Trinajstić information content (AvgIpc) is 2.81. The van der Waals surface area contributed by atoms with Crippen LogP contribution < -0.4 is 5.32 Å². The Labute approximate surface area is 172 Å². The van der Waals surface area contributed by atoms with Crippen molar-refractivity contribution >= 4 is 21.6 Å². The van der Waals surface area contributed by atoms with Gasteiger partial charge in [-0.2, -0.15) is 4.31 Å². The van der Waals surface area contributed by atoms with Gasteiger partial charge in [-0.05, 0) is 58.7 Å². The Morgan fingerprint density at radius 1 is 1.17 bits per heavy atom. The van der Waals surface area contributed by atoms with Gasteiger partial charge in [0, 0.05) is 37.3 Å². The number of benzene rings is 1. The minimum absolute atomic E-state index is 0.0249. The van der Waals surface area contributed by atoms with E-state index in [-0.39, 0.29) is 35.1 Å². The van der Waals surface area contributed by atoms with Crippen molar-refractivity contribution in [3.8, 4) is 0 Å². The molecule has 0 aliphatic carbocycles. The highest BCUT2D eigenvalue weighted by Crippen LogP contribution is 2.28. The summed E-state index contributed by atoms with van der Waals surface area (Å²) in [6.45, 7) is 10.8. The lowest BCUT2D eigenvalue weighted by Crippen LogP contribution is -2.46. The third-order valence-electron chi connectivity index (χ3n) is 4.86. The van der Waals surface area contributed by atoms with Gasteiger partial charge in [-0.15, -0.1) is 0 Å². The molecule has 10 heteroatoms. The summed E-state index contributed by atoms with van der Waals surface area (Å²) in [5, 5.41) is 14.1. The van der Waals surface area contributed by atoms with E-state index in [4.69, 9.17) is 0 Å². The summed E-state index contributed by atoms with van der Waals surface area (Å²) in [5.74, 6) is -0.0982. The highest BCUT2D eigenvalue weighted by molar-refractivity contribution is 7.89. The smallest absolute Gasteiger partial charge is 0.271 e. The van der Waals surface area contributed by atoms with Crippen LogP contribution in [-0.4, -0.2) is 66.7 Å². The Balaban J connectivity index is 2.17. The predicted molar refractivity (Wildman–Crippen MR) is 110 cm³/mol. The third-order valence-corrected chi connectivity index (χ3v) is 6.89. The van der Waals surface area contributed by atoms with Gasteiger partial charge in [0.25, 0.3) is 5.69 Å². The number of aryl methyl sites for hydroxylation is 1. The molecular weight excluding hydrogens is 396 g/mol. The maximum absolute atomic E-state index is 13.2. The standard InChI is InChI=1S/C19H30N4O5S/c1-14-11-16(23(25)26)12-17(15(14)2)29(27,28)22-8-6-7-21(9-10-22)13-18(24)20-19(3,4)5/h11-12H,6-10,13H2,1-5H3,(H,20,24). The molecule has 2 rings (SSSR count). The Bertz CT molecular complexity index is 893. The van der Waals surface area contributed by atoms with Gasteiger partial charge in [-0.25, -0.2) is 8.42 Å². The zero-order valence-corrected chi connectivity index (χ0v) is 18.5. The zero-order chi connectivity index (χ0) is 22.0. The molecule has 1 aromatic carbocycles. The minimum atomic E-state index is -3.87. The number of rotatable bonds is 5. The van der Waals surface area contributed by atoms with E-state index >= 15 is 0 Å². The fourth-order valence-corrected chi connectivity index (χ4v) is 5.11. The number of nitrogens with one attached hydrogen (secondary N) is 1. The molecule has 1 N–H and O–H groups in total. The Morgan fingerprint density at radius 2 is 1.83 bits per heavy atom. The first kappa shape index (κ1) is 23.2. The van der Waals surface area contributed by atoms with Crippen molar-refractivity contribution in [3.05, 3.63) is 33.4 Å². The molecule has 0 unspecified atom stereocenters. The Morgan fingerprint density at radius 3 is 2.41 bits per heavy atom. The molecule has 162 valence electrons. The molecule has 1 fully saturated rings. The number of hydrogen-bond acceptors (Lipinski definition) is 6. The molecular formula is C19H30N4O5S. The maximum atomic E-state index is 13.2. The van der Waals surface area contributed by atoms with E-state index in [1.165, 1.54) is 10.4 Å². The number of non-ortho nitro benzene ring substituents is 1. The van der Waals surface area contributed by atoms with E-state index in [9.17, 15) is 23.3 Å². The van der Waals surface area contributed by atoms with Crippen LogP contribution in [0.4, 0.5) is 5.69 Å². The van der Waals surface area contributed by atoms with Crippen molar-refractivity contribution in [2.24, 2.45) is 0 Å². The number of amides is 1. The van der Waals surface area contributed by atoms with Crippen molar-refractivity contribution in [2.75, 3.05) is 32.7 Å². The summed E-state index contributed by atoms with van der Waals surface area (Å²) >= 11 is 0. The minimum Gasteiger partial charge on any atom is -0.350 e. The lowest BCUT2D eigenvalue weighted by Gasteiger charge is -2.25. The van der Waals surface area contributed by atoms with Gasteiger partial charge in [0.2, 0.25) is 15.9 Å². The van der Waals surface area contributed by atoms with Crippen LogP contribution in [0, 0.1) is 24.0 Å². The second kappa shape index (κ2) is 8.76. The highest BCUT2D eigenvalue weighted by Gasteiger charge is 2.31. The van der Waals surface area contributed by atoms with E-state index in [1.54, 1.807) is 13.8 Å². The summed E-state index contributed by atoms with van der Waals surface area (Å²) in [5.41, 5.74) is 0.520. The monoisotopic (exact) mass is 426 g/mol. The van der Waals surface area contributed by atoms with Crippen molar-refractivity contribution in [1.82, 2.24) is 14.5 Å². The number of carbonyl (C=O) groups excluding carboxylic acids is 1. The van der Waals surface area contributed by atoms with E-state index in [0.717, 1.165) is 6.07 Å². The van der Waals surface area contributed by atoms with Gasteiger partial charge in [0.05, 0.1) is 16.4 Å². The number of carbonyl (C=O) groups is 1. The Hall–Kier alpha value is -2.04. The Kier molecular flexibility index (Phi) is 7.02. The number of nitro benzene ring substituents is 1. The van der Waals surface area contributed by atoms with E-state index < -0.39 is 14.9 Å². The molecule has 0 bridgehead atoms. The zero-order valence-electron chi connectivity index (χ0n) is 17.7. The van der Waals surface area contributed by atoms with Gasteiger partial charge >= 0.3 is 0 Å². The van der Waals surface area contributed by atoms with Crippen LogP contribution in [-0.2, 0) is 14.8 Å². The quantitative estimate of drug-likeness (QED) is 0.568. The van der Waals surface area contributed by atoms with E-state index in [2.05, 4.69) is 5.32 Å². The fourth-order valence-electron chi connectivity index (χ4n) is 3.33. The van der Waals surface area contributed by atoms with Crippen molar-refractivity contribution in [2.45, 2.75) is 51.5 Å². The van der Waals surface area contributed by atoms with Crippen LogP contribution >= 0.6 is 0 Å². The lowest BCUT2D eigenvalue weighted by molar-refractivity contribution is -0.385. The first-order valence-electron chi connectivity index (χ1n) is 9.60. The normalized spacial score (nSPS) is 17.0. The van der Waals surface area contributed by atoms with Gasteiger partial charge in [-0.3, -0.25) is 19.8 Å². The van der Waals surface area contributed by atoms with Crippen LogP contribution in [0.15, 0.2) is 17.0 Å². The van der Waals surface area contributed by atoms with Crippen molar-refractivity contribution < 1.29 is 18.1 Å². The van der Waals surface area contributed by atoms with Crippen LogP contribution in [0.2, 0.25) is 0 Å². The van der Waals surface area contributed by atoms with Crippen LogP contribution in [0.5, 0.6) is 0 Å². The predicted octanol–water partition coefficient (Wildman–Crippen LogP) is 1.82. The SMILES string of the molecule is Cc1cc([N+](=O)[O-])cc(S(=O)(=O)N2CCCN(CC(=O)NC(C)(C)C)CC2)c1C. The van der Waals surface area contributed by atoms with E-state index in [0.29, 0.717) is 37.2 Å². The molecule has 1 saturated heterocycles. The van der Waals surface area contributed by atoms with Gasteiger partial charge < -0.3 is 5.32 Å². The fraction of sp³-hybridized carbons (Fsp3) is 0.632. The molecule has 0 spiro atoms. The molecule has 29 heavy (non-hydrogen) atoms. The first-order chi connectivity index (χ1) is 13.3.